The number of hydrogen-bond donors (Lipinski definition) is 1. The van der Waals surface area contributed by atoms with E-state index < -0.39 is 5.97 Å². The van der Waals surface area contributed by atoms with E-state index in [0.29, 0.717) is 12.0 Å². The number of para-hydroxylation sites is 1. The van der Waals surface area contributed by atoms with Gasteiger partial charge in [-0.2, -0.15) is 0 Å². The first-order chi connectivity index (χ1) is 16.1. The first-order valence-electron chi connectivity index (χ1n) is 11.3. The molecular formula is C29H24O4. The van der Waals surface area contributed by atoms with Crippen molar-refractivity contribution in [2.75, 3.05) is 0 Å². The molecule has 1 aliphatic rings. The van der Waals surface area contributed by atoms with Crippen LogP contribution in [0, 0.1) is 0 Å². The molecule has 0 amide bonds. The molecule has 0 bridgehead atoms. The van der Waals surface area contributed by atoms with Crippen LogP contribution in [0.5, 0.6) is 0 Å². The van der Waals surface area contributed by atoms with E-state index in [1.807, 2.05) is 24.3 Å². The van der Waals surface area contributed by atoms with Crippen molar-refractivity contribution in [3.05, 3.63) is 89.7 Å². The van der Waals surface area contributed by atoms with Crippen molar-refractivity contribution < 1.29 is 19.1 Å². The number of benzene rings is 3. The summed E-state index contributed by atoms with van der Waals surface area (Å²) in [5, 5.41) is 9.92. The van der Waals surface area contributed by atoms with Crippen molar-refractivity contribution in [2.45, 2.75) is 32.1 Å². The summed E-state index contributed by atoms with van der Waals surface area (Å²) >= 11 is 0. The number of carbonyl (C=O) groups excluding carboxylic acids is 1. The fourth-order valence-corrected chi connectivity index (χ4v) is 4.46. The van der Waals surface area contributed by atoms with Crippen molar-refractivity contribution in [1.82, 2.24) is 0 Å². The lowest BCUT2D eigenvalue weighted by Crippen LogP contribution is -2.01. The van der Waals surface area contributed by atoms with Gasteiger partial charge in [0.05, 0.1) is 0 Å². The van der Waals surface area contributed by atoms with Gasteiger partial charge in [-0.05, 0) is 42.0 Å². The van der Waals surface area contributed by atoms with E-state index in [0.717, 1.165) is 46.4 Å². The molecule has 0 radical (unpaired) electrons. The standard InChI is InChI=1S/C29H24O4/c30-26(8-4-10-28(31)32)22-17-13-20(14-18-22)19-11-15-21(16-12-19)23-6-3-7-25-24-5-1-2-9-27(24)33-29(23)25/h2-3,6-7,9,11-18H,1,4-5,8,10H2,(H,31,32). The van der Waals surface area contributed by atoms with Crippen LogP contribution in [0.2, 0.25) is 0 Å². The molecule has 0 unspecified atom stereocenters. The Morgan fingerprint density at radius 1 is 0.848 bits per heavy atom. The van der Waals surface area contributed by atoms with Gasteiger partial charge in [0, 0.05) is 34.9 Å². The molecule has 1 N–H and O–H groups in total. The summed E-state index contributed by atoms with van der Waals surface area (Å²) in [4.78, 5) is 22.9. The van der Waals surface area contributed by atoms with Gasteiger partial charge >= 0.3 is 5.97 Å². The monoisotopic (exact) mass is 436 g/mol. The third-order valence-corrected chi connectivity index (χ3v) is 6.21. The van der Waals surface area contributed by atoms with E-state index in [9.17, 15) is 9.59 Å². The second kappa shape index (κ2) is 8.91. The number of Topliss-reactive ketones (excluding diaryl/α,β-unsaturated/α-hetero) is 1. The number of ketones is 1. The topological polar surface area (TPSA) is 67.5 Å². The van der Waals surface area contributed by atoms with E-state index >= 15 is 0 Å². The molecule has 3 aromatic carbocycles. The number of hydrogen-bond acceptors (Lipinski definition) is 3. The second-order valence-electron chi connectivity index (χ2n) is 8.39. The van der Waals surface area contributed by atoms with E-state index in [1.54, 1.807) is 0 Å². The molecule has 1 aliphatic carbocycles. The molecule has 5 rings (SSSR count). The highest BCUT2D eigenvalue weighted by molar-refractivity contribution is 5.97. The third-order valence-electron chi connectivity index (χ3n) is 6.21. The van der Waals surface area contributed by atoms with Crippen molar-refractivity contribution >= 4 is 28.8 Å². The van der Waals surface area contributed by atoms with Gasteiger partial charge in [-0.15, -0.1) is 0 Å². The van der Waals surface area contributed by atoms with Crippen molar-refractivity contribution in [2.24, 2.45) is 0 Å². The zero-order valence-corrected chi connectivity index (χ0v) is 18.2. The van der Waals surface area contributed by atoms with Gasteiger partial charge in [-0.1, -0.05) is 72.8 Å². The van der Waals surface area contributed by atoms with Crippen LogP contribution in [-0.4, -0.2) is 16.9 Å². The second-order valence-corrected chi connectivity index (χ2v) is 8.39. The lowest BCUT2D eigenvalue weighted by Gasteiger charge is -2.07. The molecule has 33 heavy (non-hydrogen) atoms. The van der Waals surface area contributed by atoms with Crippen LogP contribution in [0.15, 0.2) is 77.2 Å². The van der Waals surface area contributed by atoms with Gasteiger partial charge in [-0.3, -0.25) is 9.59 Å². The van der Waals surface area contributed by atoms with Crippen molar-refractivity contribution in [3.63, 3.8) is 0 Å². The number of carbonyl (C=O) groups is 2. The van der Waals surface area contributed by atoms with Crippen LogP contribution in [0.3, 0.4) is 0 Å². The largest absolute Gasteiger partial charge is 0.481 e. The highest BCUT2D eigenvalue weighted by Gasteiger charge is 2.17. The van der Waals surface area contributed by atoms with Crippen LogP contribution in [0.25, 0.3) is 39.3 Å². The summed E-state index contributed by atoms with van der Waals surface area (Å²) in [7, 11) is 0. The number of carboxylic acids is 1. The summed E-state index contributed by atoms with van der Waals surface area (Å²) in [6.45, 7) is 0. The highest BCUT2D eigenvalue weighted by Crippen LogP contribution is 2.37. The minimum atomic E-state index is -0.874. The molecule has 1 aromatic heterocycles. The number of aryl methyl sites for hydroxylation is 1. The Morgan fingerprint density at radius 2 is 1.55 bits per heavy atom. The van der Waals surface area contributed by atoms with Crippen LogP contribution in [0.1, 0.15) is 47.4 Å². The summed E-state index contributed by atoms with van der Waals surface area (Å²) < 4.78 is 6.22. The zero-order chi connectivity index (χ0) is 22.8. The SMILES string of the molecule is O=C(O)CCCC(=O)c1ccc(-c2ccc(-c3cccc4c5c(oc34)C=CCC5)cc2)cc1. The summed E-state index contributed by atoms with van der Waals surface area (Å²) in [5.41, 5.74) is 7.13. The summed E-state index contributed by atoms with van der Waals surface area (Å²) in [6.07, 6.45) is 6.92. The molecule has 0 aliphatic heterocycles. The van der Waals surface area contributed by atoms with Crippen molar-refractivity contribution in [3.8, 4) is 22.3 Å². The van der Waals surface area contributed by atoms with Crippen LogP contribution in [-0.2, 0) is 11.2 Å². The average Bonchev–Trinajstić information content (AvgIpc) is 3.23. The van der Waals surface area contributed by atoms with Crippen LogP contribution in [0.4, 0.5) is 0 Å². The Bertz CT molecular complexity index is 1360. The van der Waals surface area contributed by atoms with E-state index in [2.05, 4.69) is 54.6 Å². The van der Waals surface area contributed by atoms with E-state index in [1.165, 1.54) is 10.9 Å². The molecule has 0 saturated carbocycles. The maximum atomic E-state index is 12.2. The minimum absolute atomic E-state index is 0.0151. The van der Waals surface area contributed by atoms with E-state index in [4.69, 9.17) is 9.52 Å². The molecule has 0 fully saturated rings. The minimum Gasteiger partial charge on any atom is -0.481 e. The van der Waals surface area contributed by atoms with Crippen LogP contribution < -0.4 is 0 Å². The molecule has 0 saturated heterocycles. The third kappa shape index (κ3) is 4.24. The zero-order valence-electron chi connectivity index (χ0n) is 18.2. The maximum Gasteiger partial charge on any atom is 0.303 e. The molecule has 0 spiro atoms. The van der Waals surface area contributed by atoms with Gasteiger partial charge in [0.25, 0.3) is 0 Å². The van der Waals surface area contributed by atoms with Gasteiger partial charge < -0.3 is 9.52 Å². The van der Waals surface area contributed by atoms with E-state index in [-0.39, 0.29) is 18.6 Å². The smallest absolute Gasteiger partial charge is 0.303 e. The number of fused-ring (bicyclic) bond motifs is 3. The summed E-state index contributed by atoms with van der Waals surface area (Å²) in [6, 6.07) is 22.2. The lowest BCUT2D eigenvalue weighted by atomic mass is 9.96. The fourth-order valence-electron chi connectivity index (χ4n) is 4.46. The normalized spacial score (nSPS) is 12.6. The molecule has 4 nitrogen and oxygen atoms in total. The number of rotatable bonds is 7. The summed E-state index contributed by atoms with van der Waals surface area (Å²) in [5.74, 6) is 0.0708. The Morgan fingerprint density at radius 3 is 2.27 bits per heavy atom. The van der Waals surface area contributed by atoms with Gasteiger partial charge in [0.2, 0.25) is 0 Å². The molecule has 164 valence electrons. The first kappa shape index (κ1) is 21.0. The molecule has 0 atom stereocenters. The number of carboxylic acid groups (broad SMARTS) is 1. The predicted molar refractivity (Wildman–Crippen MR) is 130 cm³/mol. The predicted octanol–water partition coefficient (Wildman–Crippen LogP) is 7.16. The Kier molecular flexibility index (Phi) is 5.66. The number of allylic oxidation sites excluding steroid dienone is 1. The highest BCUT2D eigenvalue weighted by atomic mass is 16.4. The first-order valence-corrected chi connectivity index (χ1v) is 11.3. The molecular weight excluding hydrogens is 412 g/mol. The fraction of sp³-hybridized carbons (Fsp3) is 0.172. The number of furan rings is 1. The van der Waals surface area contributed by atoms with Crippen molar-refractivity contribution in [1.29, 1.82) is 0 Å². The Balaban J connectivity index is 1.36. The molecule has 4 aromatic rings. The number of aliphatic carboxylic acids is 1. The molecule has 1 heterocycles. The maximum absolute atomic E-state index is 12.2. The Hall–Kier alpha value is -3.92. The van der Waals surface area contributed by atoms with Crippen LogP contribution >= 0.6 is 0 Å². The van der Waals surface area contributed by atoms with Gasteiger partial charge in [0.1, 0.15) is 11.3 Å². The quantitative estimate of drug-likeness (QED) is 0.312. The molecule has 4 heteroatoms. The average molecular weight is 437 g/mol. The Labute approximate surface area is 192 Å². The van der Waals surface area contributed by atoms with Gasteiger partial charge in [-0.25, -0.2) is 0 Å². The lowest BCUT2D eigenvalue weighted by molar-refractivity contribution is -0.137. The van der Waals surface area contributed by atoms with Gasteiger partial charge in [0.15, 0.2) is 5.78 Å².